The van der Waals surface area contributed by atoms with E-state index in [-0.39, 0.29) is 25.0 Å². The number of hydrogen-bond donors (Lipinski definition) is 2. The number of hydrogen-bond acceptors (Lipinski definition) is 3. The van der Waals surface area contributed by atoms with E-state index in [9.17, 15) is 9.59 Å². The zero-order chi connectivity index (χ0) is 13.4. The molecule has 0 aliphatic carbocycles. The van der Waals surface area contributed by atoms with Crippen molar-refractivity contribution in [2.24, 2.45) is 0 Å². The molecule has 1 aromatic carbocycles. The van der Waals surface area contributed by atoms with Crippen LogP contribution in [0.15, 0.2) is 24.3 Å². The molecule has 0 aliphatic heterocycles. The second kappa shape index (κ2) is 7.55. The zero-order valence-corrected chi connectivity index (χ0v) is 10.8. The maximum atomic E-state index is 11.4. The van der Waals surface area contributed by atoms with Gasteiger partial charge in [-0.3, -0.25) is 9.59 Å². The van der Waals surface area contributed by atoms with Crippen LogP contribution in [-0.2, 0) is 9.59 Å². The van der Waals surface area contributed by atoms with E-state index in [0.29, 0.717) is 17.3 Å². The van der Waals surface area contributed by atoms with Crippen LogP contribution in [0.5, 0.6) is 5.75 Å². The van der Waals surface area contributed by atoms with Gasteiger partial charge in [0.2, 0.25) is 5.91 Å². The molecule has 0 bridgehead atoms. The summed E-state index contributed by atoms with van der Waals surface area (Å²) >= 11 is 5.86. The summed E-state index contributed by atoms with van der Waals surface area (Å²) in [6.45, 7) is 2.10. The van der Waals surface area contributed by atoms with Crippen LogP contribution in [-0.4, -0.2) is 31.5 Å². The summed E-state index contributed by atoms with van der Waals surface area (Å²) in [5.74, 6) is -0.169. The Bertz CT molecular complexity index is 424. The minimum atomic E-state index is -0.374. The predicted molar refractivity (Wildman–Crippen MR) is 68.6 cm³/mol. The van der Waals surface area contributed by atoms with Gasteiger partial charge in [-0.1, -0.05) is 23.7 Å². The second-order valence-corrected chi connectivity index (χ2v) is 3.86. The van der Waals surface area contributed by atoms with Crippen LogP contribution in [0.25, 0.3) is 0 Å². The van der Waals surface area contributed by atoms with Gasteiger partial charge in [0.15, 0.2) is 6.61 Å². The Hall–Kier alpha value is -1.75. The number of halogens is 1. The van der Waals surface area contributed by atoms with E-state index in [1.54, 1.807) is 31.2 Å². The summed E-state index contributed by atoms with van der Waals surface area (Å²) in [4.78, 5) is 22.5. The number of benzene rings is 1. The highest BCUT2D eigenvalue weighted by Crippen LogP contribution is 2.22. The van der Waals surface area contributed by atoms with E-state index in [1.165, 1.54) is 0 Å². The third-order valence-electron chi connectivity index (χ3n) is 2.02. The summed E-state index contributed by atoms with van der Waals surface area (Å²) in [6.07, 6.45) is 0. The molecule has 0 aromatic heterocycles. The van der Waals surface area contributed by atoms with Gasteiger partial charge in [-0.25, -0.2) is 0 Å². The van der Waals surface area contributed by atoms with Gasteiger partial charge in [0.25, 0.3) is 5.91 Å². The van der Waals surface area contributed by atoms with E-state index in [1.807, 2.05) is 0 Å². The normalized spacial score (nSPS) is 9.67. The SMILES string of the molecule is CCNC(=O)CNC(=O)COc1ccccc1Cl. The van der Waals surface area contributed by atoms with E-state index in [2.05, 4.69) is 10.6 Å². The first-order valence-corrected chi connectivity index (χ1v) is 5.92. The Morgan fingerprint density at radius 1 is 1.22 bits per heavy atom. The van der Waals surface area contributed by atoms with Crippen LogP contribution < -0.4 is 15.4 Å². The number of rotatable bonds is 6. The van der Waals surface area contributed by atoms with Crippen LogP contribution in [0.1, 0.15) is 6.92 Å². The second-order valence-electron chi connectivity index (χ2n) is 3.45. The van der Waals surface area contributed by atoms with Crippen LogP contribution >= 0.6 is 11.6 Å². The highest BCUT2D eigenvalue weighted by Gasteiger charge is 2.06. The molecule has 6 heteroatoms. The first kappa shape index (κ1) is 14.3. The fourth-order valence-electron chi connectivity index (χ4n) is 1.19. The molecule has 1 rings (SSSR count). The Labute approximate surface area is 110 Å². The van der Waals surface area contributed by atoms with Crippen LogP contribution in [0, 0.1) is 0 Å². The Morgan fingerprint density at radius 3 is 2.61 bits per heavy atom. The van der Waals surface area contributed by atoms with Crippen molar-refractivity contribution in [1.82, 2.24) is 10.6 Å². The van der Waals surface area contributed by atoms with E-state index >= 15 is 0 Å². The van der Waals surface area contributed by atoms with Gasteiger partial charge in [-0.15, -0.1) is 0 Å². The number of carbonyl (C=O) groups excluding carboxylic acids is 2. The number of ether oxygens (including phenoxy) is 1. The number of likely N-dealkylation sites (N-methyl/N-ethyl adjacent to an activating group) is 1. The average Bonchev–Trinajstić information content (AvgIpc) is 2.36. The van der Waals surface area contributed by atoms with Gasteiger partial charge < -0.3 is 15.4 Å². The van der Waals surface area contributed by atoms with Crippen molar-refractivity contribution in [3.63, 3.8) is 0 Å². The van der Waals surface area contributed by atoms with Crippen LogP contribution in [0.3, 0.4) is 0 Å². The lowest BCUT2D eigenvalue weighted by atomic mass is 10.3. The van der Waals surface area contributed by atoms with Crippen LogP contribution in [0.4, 0.5) is 0 Å². The average molecular weight is 271 g/mol. The quantitative estimate of drug-likeness (QED) is 0.809. The fraction of sp³-hybridized carbons (Fsp3) is 0.333. The Balaban J connectivity index is 2.29. The fourth-order valence-corrected chi connectivity index (χ4v) is 1.38. The highest BCUT2D eigenvalue weighted by atomic mass is 35.5. The summed E-state index contributed by atoms with van der Waals surface area (Å²) in [5.41, 5.74) is 0. The third kappa shape index (κ3) is 5.05. The minimum Gasteiger partial charge on any atom is -0.482 e. The summed E-state index contributed by atoms with van der Waals surface area (Å²) in [5, 5.41) is 5.45. The van der Waals surface area contributed by atoms with Crippen molar-refractivity contribution >= 4 is 23.4 Å². The lowest BCUT2D eigenvalue weighted by Gasteiger charge is -2.08. The first-order chi connectivity index (χ1) is 8.63. The van der Waals surface area contributed by atoms with Gasteiger partial charge in [0.05, 0.1) is 11.6 Å². The van der Waals surface area contributed by atoms with E-state index < -0.39 is 0 Å². The largest absolute Gasteiger partial charge is 0.482 e. The molecule has 1 aromatic rings. The van der Waals surface area contributed by atoms with Crippen molar-refractivity contribution in [2.45, 2.75) is 6.92 Å². The van der Waals surface area contributed by atoms with Crippen molar-refractivity contribution < 1.29 is 14.3 Å². The van der Waals surface area contributed by atoms with Gasteiger partial charge in [-0.2, -0.15) is 0 Å². The molecule has 98 valence electrons. The molecule has 0 saturated heterocycles. The van der Waals surface area contributed by atoms with Crippen molar-refractivity contribution in [1.29, 1.82) is 0 Å². The van der Waals surface area contributed by atoms with Crippen LogP contribution in [0.2, 0.25) is 5.02 Å². The molecule has 0 radical (unpaired) electrons. The number of carbonyl (C=O) groups is 2. The third-order valence-corrected chi connectivity index (χ3v) is 2.33. The highest BCUT2D eigenvalue weighted by molar-refractivity contribution is 6.32. The molecule has 0 unspecified atom stereocenters. The topological polar surface area (TPSA) is 67.4 Å². The zero-order valence-electron chi connectivity index (χ0n) is 10.0. The first-order valence-electron chi connectivity index (χ1n) is 5.54. The molecule has 2 N–H and O–H groups in total. The minimum absolute atomic E-state index is 0.0570. The number of nitrogens with one attached hydrogen (secondary N) is 2. The molecule has 5 nitrogen and oxygen atoms in total. The van der Waals surface area contributed by atoms with Gasteiger partial charge in [0, 0.05) is 6.54 Å². The van der Waals surface area contributed by atoms with Gasteiger partial charge in [0.1, 0.15) is 5.75 Å². The van der Waals surface area contributed by atoms with Gasteiger partial charge in [-0.05, 0) is 19.1 Å². The van der Waals surface area contributed by atoms with Crippen molar-refractivity contribution in [2.75, 3.05) is 19.7 Å². The number of para-hydroxylation sites is 1. The lowest BCUT2D eigenvalue weighted by Crippen LogP contribution is -2.38. The summed E-state index contributed by atoms with van der Waals surface area (Å²) < 4.78 is 5.22. The predicted octanol–water partition coefficient (Wildman–Crippen LogP) is 0.971. The van der Waals surface area contributed by atoms with E-state index in [4.69, 9.17) is 16.3 Å². The lowest BCUT2D eigenvalue weighted by molar-refractivity contribution is -0.127. The maximum absolute atomic E-state index is 11.4. The maximum Gasteiger partial charge on any atom is 0.258 e. The Morgan fingerprint density at radius 2 is 1.94 bits per heavy atom. The molecule has 0 heterocycles. The number of amides is 2. The molecule has 0 spiro atoms. The van der Waals surface area contributed by atoms with Gasteiger partial charge >= 0.3 is 0 Å². The van der Waals surface area contributed by atoms with E-state index in [0.717, 1.165) is 0 Å². The smallest absolute Gasteiger partial charge is 0.258 e. The molecule has 18 heavy (non-hydrogen) atoms. The Kier molecular flexibility index (Phi) is 6.00. The molecule has 2 amide bonds. The molecular formula is C12H15ClN2O3. The molecular weight excluding hydrogens is 256 g/mol. The molecule has 0 fully saturated rings. The molecule has 0 atom stereocenters. The molecule has 0 aliphatic rings. The summed E-state index contributed by atoms with van der Waals surface area (Å²) in [6, 6.07) is 6.86. The molecule has 0 saturated carbocycles. The standard InChI is InChI=1S/C12H15ClN2O3/c1-2-14-11(16)7-15-12(17)8-18-10-6-4-3-5-9(10)13/h3-6H,2,7-8H2,1H3,(H,14,16)(H,15,17). The monoisotopic (exact) mass is 270 g/mol. The van der Waals surface area contributed by atoms with Crippen molar-refractivity contribution in [3.05, 3.63) is 29.3 Å². The van der Waals surface area contributed by atoms with Crippen molar-refractivity contribution in [3.8, 4) is 5.75 Å². The summed E-state index contributed by atoms with van der Waals surface area (Å²) in [7, 11) is 0.